The van der Waals surface area contributed by atoms with Crippen LogP contribution in [0.5, 0.6) is 0 Å². The molecule has 0 aliphatic carbocycles. The predicted octanol–water partition coefficient (Wildman–Crippen LogP) is 2.06. The fraction of sp³-hybridized carbons (Fsp3) is 0.214. The molecule has 1 aromatic carbocycles. The van der Waals surface area contributed by atoms with E-state index in [1.165, 1.54) is 0 Å². The summed E-state index contributed by atoms with van der Waals surface area (Å²) in [6.07, 6.45) is 0.540. The van der Waals surface area contributed by atoms with Crippen molar-refractivity contribution in [3.05, 3.63) is 48.2 Å². The van der Waals surface area contributed by atoms with Crippen LogP contribution in [0.15, 0.2) is 46.9 Å². The second kappa shape index (κ2) is 6.02. The van der Waals surface area contributed by atoms with Gasteiger partial charge in [0.15, 0.2) is 5.76 Å². The van der Waals surface area contributed by atoms with Crippen molar-refractivity contribution in [2.24, 2.45) is 0 Å². The largest absolute Gasteiger partial charge is 0.451 e. The molecule has 1 heterocycles. The molecule has 94 valence electrons. The third-order valence-electron chi connectivity index (χ3n) is 2.51. The smallest absolute Gasteiger partial charge is 0.287 e. The minimum absolute atomic E-state index is 0.0632. The zero-order valence-corrected chi connectivity index (χ0v) is 9.93. The van der Waals surface area contributed by atoms with Gasteiger partial charge < -0.3 is 14.8 Å². The van der Waals surface area contributed by atoms with E-state index in [9.17, 15) is 4.79 Å². The van der Waals surface area contributed by atoms with Crippen molar-refractivity contribution in [1.82, 2.24) is 5.32 Å². The van der Waals surface area contributed by atoms with Crippen LogP contribution in [0.2, 0.25) is 0 Å². The Hall–Kier alpha value is -2.07. The van der Waals surface area contributed by atoms with Crippen LogP contribution in [-0.4, -0.2) is 24.2 Å². The highest BCUT2D eigenvalue weighted by molar-refractivity contribution is 5.92. The highest BCUT2D eigenvalue weighted by Gasteiger charge is 2.11. The van der Waals surface area contributed by atoms with Crippen LogP contribution in [-0.2, 0) is 0 Å². The molecule has 0 spiro atoms. The Kier molecular flexibility index (Phi) is 4.15. The van der Waals surface area contributed by atoms with Gasteiger partial charge in [0.05, 0.1) is 0 Å². The summed E-state index contributed by atoms with van der Waals surface area (Å²) < 4.78 is 5.49. The Morgan fingerprint density at radius 2 is 1.94 bits per heavy atom. The van der Waals surface area contributed by atoms with Gasteiger partial charge in [-0.2, -0.15) is 0 Å². The van der Waals surface area contributed by atoms with Gasteiger partial charge in [0.1, 0.15) is 5.76 Å². The Labute approximate surface area is 105 Å². The molecular formula is C14H15NO3. The van der Waals surface area contributed by atoms with Gasteiger partial charge in [0.2, 0.25) is 0 Å². The molecule has 2 rings (SSSR count). The second-order valence-corrected chi connectivity index (χ2v) is 3.86. The summed E-state index contributed by atoms with van der Waals surface area (Å²) in [5.41, 5.74) is 0.937. The molecular weight excluding hydrogens is 230 g/mol. The zero-order chi connectivity index (χ0) is 12.8. The van der Waals surface area contributed by atoms with E-state index in [2.05, 4.69) is 5.32 Å². The third-order valence-corrected chi connectivity index (χ3v) is 2.51. The van der Waals surface area contributed by atoms with Crippen molar-refractivity contribution < 1.29 is 14.3 Å². The molecule has 0 radical (unpaired) electrons. The second-order valence-electron chi connectivity index (χ2n) is 3.86. The molecule has 0 unspecified atom stereocenters. The Morgan fingerprint density at radius 3 is 2.67 bits per heavy atom. The number of carbonyl (C=O) groups excluding carboxylic acids is 1. The topological polar surface area (TPSA) is 62.5 Å². The quantitative estimate of drug-likeness (QED) is 0.792. The van der Waals surface area contributed by atoms with Gasteiger partial charge in [0.25, 0.3) is 5.91 Å². The molecule has 2 N–H and O–H groups in total. The van der Waals surface area contributed by atoms with E-state index in [0.29, 0.717) is 18.7 Å². The molecule has 0 fully saturated rings. The molecule has 0 saturated carbocycles. The number of benzene rings is 1. The van der Waals surface area contributed by atoms with Gasteiger partial charge in [-0.25, -0.2) is 0 Å². The molecule has 1 amide bonds. The fourth-order valence-corrected chi connectivity index (χ4v) is 1.59. The third kappa shape index (κ3) is 2.99. The van der Waals surface area contributed by atoms with Gasteiger partial charge in [-0.15, -0.1) is 0 Å². The first-order valence-electron chi connectivity index (χ1n) is 5.85. The molecule has 0 aliphatic heterocycles. The van der Waals surface area contributed by atoms with Crippen LogP contribution in [0.25, 0.3) is 11.3 Å². The molecule has 0 saturated heterocycles. The Morgan fingerprint density at radius 1 is 1.17 bits per heavy atom. The van der Waals surface area contributed by atoms with Gasteiger partial charge in [-0.1, -0.05) is 30.3 Å². The lowest BCUT2D eigenvalue weighted by Crippen LogP contribution is -2.24. The number of hydrogen-bond acceptors (Lipinski definition) is 3. The molecule has 18 heavy (non-hydrogen) atoms. The SMILES string of the molecule is O=C(NCCCO)c1ccc(-c2ccccc2)o1. The molecule has 0 aliphatic rings. The minimum Gasteiger partial charge on any atom is -0.451 e. The van der Waals surface area contributed by atoms with E-state index in [0.717, 1.165) is 5.56 Å². The predicted molar refractivity (Wildman–Crippen MR) is 68.2 cm³/mol. The van der Waals surface area contributed by atoms with Crippen molar-refractivity contribution in [2.75, 3.05) is 13.2 Å². The van der Waals surface area contributed by atoms with Crippen LogP contribution in [0.4, 0.5) is 0 Å². The Balaban J connectivity index is 2.04. The number of carbonyl (C=O) groups is 1. The number of furan rings is 1. The standard InChI is InChI=1S/C14H15NO3/c16-10-4-9-15-14(17)13-8-7-12(18-13)11-5-2-1-3-6-11/h1-3,5-8,16H,4,9-10H2,(H,15,17). The van der Waals surface area contributed by atoms with Crippen LogP contribution in [0.1, 0.15) is 17.0 Å². The summed E-state index contributed by atoms with van der Waals surface area (Å²) in [6, 6.07) is 13.0. The first-order chi connectivity index (χ1) is 8.81. The van der Waals surface area contributed by atoms with Gasteiger partial charge in [0, 0.05) is 18.7 Å². The van der Waals surface area contributed by atoms with E-state index in [1.54, 1.807) is 12.1 Å². The number of nitrogens with one attached hydrogen (secondary N) is 1. The zero-order valence-electron chi connectivity index (χ0n) is 9.93. The minimum atomic E-state index is -0.259. The number of aliphatic hydroxyl groups is 1. The number of aliphatic hydroxyl groups excluding tert-OH is 1. The lowest BCUT2D eigenvalue weighted by atomic mass is 10.2. The van der Waals surface area contributed by atoms with Gasteiger partial charge in [-0.05, 0) is 18.6 Å². The van der Waals surface area contributed by atoms with Crippen molar-refractivity contribution in [2.45, 2.75) is 6.42 Å². The van der Waals surface area contributed by atoms with E-state index in [-0.39, 0.29) is 18.3 Å². The van der Waals surface area contributed by atoms with Crippen LogP contribution < -0.4 is 5.32 Å². The van der Waals surface area contributed by atoms with E-state index < -0.39 is 0 Å². The summed E-state index contributed by atoms with van der Waals surface area (Å²) in [7, 11) is 0. The fourth-order valence-electron chi connectivity index (χ4n) is 1.59. The molecule has 0 atom stereocenters. The van der Waals surface area contributed by atoms with Crippen molar-refractivity contribution in [3.63, 3.8) is 0 Å². The van der Waals surface area contributed by atoms with Crippen LogP contribution in [0, 0.1) is 0 Å². The van der Waals surface area contributed by atoms with Crippen LogP contribution in [0.3, 0.4) is 0 Å². The summed E-state index contributed by atoms with van der Waals surface area (Å²) in [5.74, 6) is 0.695. The maximum atomic E-state index is 11.7. The monoisotopic (exact) mass is 245 g/mol. The summed E-state index contributed by atoms with van der Waals surface area (Å²) >= 11 is 0. The van der Waals surface area contributed by atoms with Gasteiger partial charge >= 0.3 is 0 Å². The number of amides is 1. The van der Waals surface area contributed by atoms with Crippen LogP contribution >= 0.6 is 0 Å². The summed E-state index contributed by atoms with van der Waals surface area (Å²) in [6.45, 7) is 0.504. The molecule has 4 heteroatoms. The lowest BCUT2D eigenvalue weighted by Gasteiger charge is -2.00. The highest BCUT2D eigenvalue weighted by atomic mass is 16.3. The Bertz CT molecular complexity index is 505. The number of hydrogen-bond donors (Lipinski definition) is 2. The maximum absolute atomic E-state index is 11.7. The van der Waals surface area contributed by atoms with Gasteiger partial charge in [-0.3, -0.25) is 4.79 Å². The lowest BCUT2D eigenvalue weighted by molar-refractivity contribution is 0.0924. The molecule has 2 aromatic rings. The van der Waals surface area contributed by atoms with E-state index in [4.69, 9.17) is 9.52 Å². The van der Waals surface area contributed by atoms with E-state index in [1.807, 2.05) is 30.3 Å². The van der Waals surface area contributed by atoms with Crippen molar-refractivity contribution >= 4 is 5.91 Å². The molecule has 4 nitrogen and oxygen atoms in total. The summed E-state index contributed by atoms with van der Waals surface area (Å²) in [5, 5.41) is 11.3. The molecule has 1 aromatic heterocycles. The summed E-state index contributed by atoms with van der Waals surface area (Å²) in [4.78, 5) is 11.7. The average Bonchev–Trinajstić information content (AvgIpc) is 2.89. The normalized spacial score (nSPS) is 10.3. The highest BCUT2D eigenvalue weighted by Crippen LogP contribution is 2.21. The van der Waals surface area contributed by atoms with E-state index >= 15 is 0 Å². The van der Waals surface area contributed by atoms with Crippen molar-refractivity contribution in [1.29, 1.82) is 0 Å². The average molecular weight is 245 g/mol. The first-order valence-corrected chi connectivity index (χ1v) is 5.85. The number of rotatable bonds is 5. The van der Waals surface area contributed by atoms with Crippen molar-refractivity contribution in [3.8, 4) is 11.3 Å². The molecule has 0 bridgehead atoms. The first kappa shape index (κ1) is 12.4. The maximum Gasteiger partial charge on any atom is 0.287 e.